The zero-order chi connectivity index (χ0) is 30.1. The molecule has 0 bridgehead atoms. The maximum Gasteiger partial charge on any atom is 0.352 e. The van der Waals surface area contributed by atoms with Crippen molar-refractivity contribution >= 4 is 89.0 Å². The fourth-order valence-electron chi connectivity index (χ4n) is 2.90. The van der Waals surface area contributed by atoms with Gasteiger partial charge in [0.05, 0.1) is 17.8 Å². The first-order valence-electron chi connectivity index (χ1n) is 9.44. The summed E-state index contributed by atoms with van der Waals surface area (Å²) in [4.78, 5) is 142. The van der Waals surface area contributed by atoms with E-state index in [9.17, 15) is 62.6 Å². The summed E-state index contributed by atoms with van der Waals surface area (Å²) < 4.78 is 7.68. The molecule has 0 aliphatic carbocycles. The van der Waals surface area contributed by atoms with Gasteiger partial charge in [-0.05, 0) is 6.92 Å². The fourth-order valence-corrected chi connectivity index (χ4v) is 4.22. The number of carboxylic acid groups (broad SMARTS) is 3. The van der Waals surface area contributed by atoms with Crippen LogP contribution in [0.3, 0.4) is 0 Å². The lowest BCUT2D eigenvalue weighted by atomic mass is 9.82. The summed E-state index contributed by atoms with van der Waals surface area (Å²) in [5.41, 5.74) is -10.2. The average Bonchev–Trinajstić information content (AvgIpc) is 2.78. The Morgan fingerprint density at radius 3 is 1.15 bits per heavy atom. The number of Topliss-reactive ketones (excluding diaryl/α,β-unsaturated/α-hetero) is 1. The Hall–Kier alpha value is -4.90. The number of ketones is 1. The van der Waals surface area contributed by atoms with E-state index in [-0.39, 0.29) is 0 Å². The second kappa shape index (κ2) is 10.5. The van der Waals surface area contributed by atoms with Crippen LogP contribution in [0.1, 0.15) is 6.92 Å². The molecule has 2 fully saturated rings. The van der Waals surface area contributed by atoms with E-state index < -0.39 is 105 Å². The van der Waals surface area contributed by atoms with Gasteiger partial charge in [0.15, 0.2) is 5.78 Å². The molecule has 39 heavy (non-hydrogen) atoms. The highest BCUT2D eigenvalue weighted by Crippen LogP contribution is 2.34. The van der Waals surface area contributed by atoms with Crippen molar-refractivity contribution in [2.45, 2.75) is 6.92 Å². The average molecular weight is 594 g/mol. The van der Waals surface area contributed by atoms with Crippen LogP contribution < -0.4 is 20.3 Å². The predicted molar refractivity (Wildman–Crippen MR) is 112 cm³/mol. The van der Waals surface area contributed by atoms with Crippen LogP contribution in [-0.2, 0) is 67.0 Å². The van der Waals surface area contributed by atoms with E-state index in [1.165, 1.54) is 0 Å². The van der Waals surface area contributed by atoms with Crippen molar-refractivity contribution < 1.29 is 82.3 Å². The Morgan fingerprint density at radius 2 is 0.949 bits per heavy atom. The molecule has 2 rings (SSSR count). The van der Waals surface area contributed by atoms with Crippen LogP contribution in [0, 0.1) is 16.2 Å². The number of cyclic esters (lactones) is 4. The molecule has 0 aromatic heterocycles. The Kier molecular flexibility index (Phi) is 8.13. The third kappa shape index (κ3) is 4.22. The van der Waals surface area contributed by atoms with Crippen molar-refractivity contribution in [2.75, 3.05) is 0 Å². The van der Waals surface area contributed by atoms with Crippen molar-refractivity contribution in [2.24, 2.45) is 16.2 Å². The summed E-state index contributed by atoms with van der Waals surface area (Å²) in [5, 5.41) is 34.1. The van der Waals surface area contributed by atoms with Gasteiger partial charge in [-0.1, -0.05) is 0 Å². The van der Waals surface area contributed by atoms with Crippen LogP contribution >= 0.6 is 17.8 Å². The minimum atomic E-state index is -3.62. The lowest BCUT2D eigenvalue weighted by molar-refractivity contribution is -0.205. The minimum Gasteiger partial charge on any atom is -0.480 e. The number of aliphatic carboxylic acids is 3. The number of carbonyl (C=O) groups excluding carboxylic acids is 9. The molecule has 2 heterocycles. The highest BCUT2D eigenvalue weighted by molar-refractivity contribution is 7.36. The van der Waals surface area contributed by atoms with Crippen LogP contribution in [0.2, 0.25) is 0 Å². The minimum absolute atomic E-state index is 0.474. The Balaban J connectivity index is 2.14. The second-order valence-electron chi connectivity index (χ2n) is 7.14. The van der Waals surface area contributed by atoms with Gasteiger partial charge in [-0.15, -0.1) is 0 Å². The molecule has 23 heteroatoms. The van der Waals surface area contributed by atoms with Crippen molar-refractivity contribution in [1.82, 2.24) is 20.3 Å². The number of hydrogen-bond acceptors (Lipinski definition) is 14. The summed E-state index contributed by atoms with van der Waals surface area (Å²) >= 11 is 0. The molecular weight excluding hydrogens is 582 g/mol. The van der Waals surface area contributed by atoms with Gasteiger partial charge in [-0.2, -0.15) is 0 Å². The number of carbonyl (C=O) groups is 12. The summed E-state index contributed by atoms with van der Waals surface area (Å²) in [6.45, 7) is 0.474. The molecule has 2 atom stereocenters. The molecule has 2 aliphatic rings. The number of carboxylic acids is 3. The molecule has 2 unspecified atom stereocenters. The molecule has 0 radical (unpaired) electrons. The van der Waals surface area contributed by atoms with E-state index in [0.717, 1.165) is 0 Å². The SMILES string of the molecule is CC(=O)C(C(=O)O)(C(=O)NPNC(=O)C1(C(=O)O)C(=O)OC1=O)C(=O)NPNC(=O)C1(C(=O)O)C(=O)OC1=O. The number of rotatable bonds is 12. The smallest absolute Gasteiger partial charge is 0.352 e. The van der Waals surface area contributed by atoms with Crippen molar-refractivity contribution in [3.63, 3.8) is 0 Å². The number of esters is 4. The van der Waals surface area contributed by atoms with Gasteiger partial charge < -0.3 is 45.1 Å². The zero-order valence-corrected chi connectivity index (χ0v) is 20.6. The molecule has 0 aromatic carbocycles. The van der Waals surface area contributed by atoms with Gasteiger partial charge in [0, 0.05) is 0 Å². The van der Waals surface area contributed by atoms with Crippen LogP contribution in [0.15, 0.2) is 0 Å². The quantitative estimate of drug-likeness (QED) is 0.0629. The largest absolute Gasteiger partial charge is 0.480 e. The van der Waals surface area contributed by atoms with Crippen molar-refractivity contribution in [1.29, 1.82) is 0 Å². The Morgan fingerprint density at radius 1 is 0.641 bits per heavy atom. The number of ether oxygens (including phenoxy) is 2. The van der Waals surface area contributed by atoms with Crippen LogP contribution in [0.25, 0.3) is 0 Å². The molecule has 0 saturated carbocycles. The van der Waals surface area contributed by atoms with Gasteiger partial charge in [-0.3, -0.25) is 28.8 Å². The van der Waals surface area contributed by atoms with Gasteiger partial charge in [0.25, 0.3) is 29.0 Å². The third-order valence-corrected chi connectivity index (χ3v) is 6.56. The topological polar surface area (TPSA) is 332 Å². The number of nitrogens with one attached hydrogen (secondary N) is 4. The first-order chi connectivity index (χ1) is 18.0. The molecule has 0 aromatic rings. The number of hydrogen-bond donors (Lipinski definition) is 7. The van der Waals surface area contributed by atoms with E-state index >= 15 is 0 Å². The standard InChI is InChI=1S/C16H12N4O17P2/c1-2(21)14(7(26)27,3(22)17-38-19-5(24)15(8(28)29)10(32)36-11(15)33)4(23)18-39-20-6(25)16(9(30)31)12(34)37-13(16)35/h38-39H,1H3,(H,17,22)(H,18,23)(H,19,24)(H,20,25)(H,26,27)(H,28,29)(H,30,31). The molecule has 208 valence electrons. The molecule has 4 amide bonds. The number of amides is 4. The summed E-state index contributed by atoms with van der Waals surface area (Å²) in [6, 6.07) is 0. The van der Waals surface area contributed by atoms with Crippen LogP contribution in [0.4, 0.5) is 0 Å². The lowest BCUT2D eigenvalue weighted by Crippen LogP contribution is -2.65. The van der Waals surface area contributed by atoms with Crippen molar-refractivity contribution in [3.05, 3.63) is 0 Å². The maximum absolute atomic E-state index is 12.6. The maximum atomic E-state index is 12.6. The molecule has 2 aliphatic heterocycles. The monoisotopic (exact) mass is 594 g/mol. The second-order valence-corrected chi connectivity index (χ2v) is 8.64. The van der Waals surface area contributed by atoms with E-state index in [4.69, 9.17) is 10.2 Å². The third-order valence-electron chi connectivity index (χ3n) is 5.15. The van der Waals surface area contributed by atoms with E-state index in [0.29, 0.717) is 6.92 Å². The van der Waals surface area contributed by atoms with E-state index in [1.54, 1.807) is 20.3 Å². The lowest BCUT2D eigenvalue weighted by Gasteiger charge is -2.31. The molecule has 21 nitrogen and oxygen atoms in total. The highest BCUT2D eigenvalue weighted by atomic mass is 31.1. The molecule has 2 saturated heterocycles. The Labute approximate surface area is 215 Å². The summed E-state index contributed by atoms with van der Waals surface area (Å²) in [7, 11) is -3.05. The van der Waals surface area contributed by atoms with Crippen LogP contribution in [-0.4, -0.2) is 86.5 Å². The van der Waals surface area contributed by atoms with Crippen LogP contribution in [0.5, 0.6) is 0 Å². The fraction of sp³-hybridized carbons (Fsp3) is 0.250. The first kappa shape index (κ1) is 30.3. The molecular formula is C16H12N4O17P2. The summed E-state index contributed by atoms with van der Waals surface area (Å²) in [5.74, 6) is -23.0. The predicted octanol–water partition coefficient (Wildman–Crippen LogP) is -5.56. The Bertz CT molecular complexity index is 1150. The normalized spacial score (nSPS) is 18.5. The van der Waals surface area contributed by atoms with E-state index in [2.05, 4.69) is 9.47 Å². The molecule has 7 N–H and O–H groups in total. The van der Waals surface area contributed by atoms with E-state index in [1.807, 2.05) is 0 Å². The zero-order valence-electron chi connectivity index (χ0n) is 18.6. The molecule has 0 spiro atoms. The highest BCUT2D eigenvalue weighted by Gasteiger charge is 2.72. The summed E-state index contributed by atoms with van der Waals surface area (Å²) in [6.07, 6.45) is 0. The van der Waals surface area contributed by atoms with Gasteiger partial charge in [-0.25, -0.2) is 28.8 Å². The van der Waals surface area contributed by atoms with Gasteiger partial charge in [0.2, 0.25) is 0 Å². The van der Waals surface area contributed by atoms with Crippen molar-refractivity contribution in [3.8, 4) is 0 Å². The van der Waals surface area contributed by atoms with Gasteiger partial charge >= 0.3 is 52.6 Å². The van der Waals surface area contributed by atoms with Gasteiger partial charge in [0.1, 0.15) is 0 Å². The first-order valence-corrected chi connectivity index (χ1v) is 11.4.